The van der Waals surface area contributed by atoms with Crippen molar-refractivity contribution in [3.05, 3.63) is 28.7 Å². The first-order valence-corrected chi connectivity index (χ1v) is 6.64. The molecule has 0 bridgehead atoms. The van der Waals surface area contributed by atoms with E-state index >= 15 is 0 Å². The maximum absolute atomic E-state index is 11.5. The predicted octanol–water partition coefficient (Wildman–Crippen LogP) is 3.12. The van der Waals surface area contributed by atoms with Crippen LogP contribution < -0.4 is 11.1 Å². The van der Waals surface area contributed by atoms with Gasteiger partial charge in [0.1, 0.15) is 12.4 Å². The van der Waals surface area contributed by atoms with E-state index in [-0.39, 0.29) is 18.3 Å². The van der Waals surface area contributed by atoms with Gasteiger partial charge in [0.25, 0.3) is 0 Å². The first-order chi connectivity index (χ1) is 8.29. The number of benzene rings is 1. The van der Waals surface area contributed by atoms with Crippen LogP contribution in [0.3, 0.4) is 0 Å². The van der Waals surface area contributed by atoms with Crippen molar-refractivity contribution < 1.29 is 4.79 Å². The number of carbonyl (C=O) groups is 1. The summed E-state index contributed by atoms with van der Waals surface area (Å²) in [7, 11) is 0. The van der Waals surface area contributed by atoms with Crippen LogP contribution in [-0.4, -0.2) is 22.1 Å². The minimum Gasteiger partial charge on any atom is -0.384 e. The molecule has 0 aliphatic rings. The Morgan fingerprint density at radius 2 is 1.89 bits per heavy atom. The number of anilines is 1. The maximum atomic E-state index is 11.5. The van der Waals surface area contributed by atoms with E-state index in [1.807, 2.05) is 0 Å². The first kappa shape index (κ1) is 15.6. The SMILES string of the molecule is NC(=NCC(=O)Nc1ccc(Br)cc1)C(Cl)(Cl)Cl. The Kier molecular flexibility index (Phi) is 5.72. The molecule has 18 heavy (non-hydrogen) atoms. The van der Waals surface area contributed by atoms with Gasteiger partial charge in [0.15, 0.2) is 0 Å². The molecule has 0 heterocycles. The van der Waals surface area contributed by atoms with Gasteiger partial charge in [-0.25, -0.2) is 0 Å². The van der Waals surface area contributed by atoms with Crippen LogP contribution in [0.1, 0.15) is 0 Å². The lowest BCUT2D eigenvalue weighted by Gasteiger charge is -2.09. The Hall–Kier alpha value is -0.490. The quantitative estimate of drug-likeness (QED) is 0.486. The number of hydrogen-bond acceptors (Lipinski definition) is 2. The molecule has 0 unspecified atom stereocenters. The van der Waals surface area contributed by atoms with Gasteiger partial charge in [-0.3, -0.25) is 9.79 Å². The summed E-state index contributed by atoms with van der Waals surface area (Å²) in [5.74, 6) is -0.576. The molecule has 1 aromatic rings. The fraction of sp³-hybridized carbons (Fsp3) is 0.200. The summed E-state index contributed by atoms with van der Waals surface area (Å²) in [5, 5.41) is 2.62. The number of hydrogen-bond donors (Lipinski definition) is 2. The van der Waals surface area contributed by atoms with Crippen LogP contribution in [-0.2, 0) is 4.79 Å². The van der Waals surface area contributed by atoms with Crippen LogP contribution in [0, 0.1) is 0 Å². The van der Waals surface area contributed by atoms with Crippen molar-refractivity contribution in [3.63, 3.8) is 0 Å². The number of amides is 1. The summed E-state index contributed by atoms with van der Waals surface area (Å²) >= 11 is 19.7. The Labute approximate surface area is 128 Å². The van der Waals surface area contributed by atoms with Gasteiger partial charge in [0.05, 0.1) is 0 Å². The average Bonchev–Trinajstić information content (AvgIpc) is 2.28. The van der Waals surface area contributed by atoms with Crippen molar-refractivity contribution in [1.82, 2.24) is 0 Å². The molecule has 98 valence electrons. The summed E-state index contributed by atoms with van der Waals surface area (Å²) in [5.41, 5.74) is 6.02. The van der Waals surface area contributed by atoms with Crippen molar-refractivity contribution in [2.24, 2.45) is 10.7 Å². The molecule has 0 spiro atoms. The van der Waals surface area contributed by atoms with Gasteiger partial charge < -0.3 is 11.1 Å². The molecule has 0 aromatic heterocycles. The van der Waals surface area contributed by atoms with Gasteiger partial charge in [-0.15, -0.1) is 0 Å². The van der Waals surface area contributed by atoms with E-state index in [1.54, 1.807) is 24.3 Å². The summed E-state index contributed by atoms with van der Waals surface area (Å²) in [6.45, 7) is -0.212. The largest absolute Gasteiger partial charge is 0.384 e. The standard InChI is InChI=1S/C10H9BrCl3N3O/c11-6-1-3-7(4-2-6)17-8(18)5-16-9(15)10(12,13)14/h1-4H,5H2,(H2,15,16)(H,17,18). The molecule has 4 nitrogen and oxygen atoms in total. The molecule has 0 radical (unpaired) electrons. The number of amidine groups is 1. The van der Waals surface area contributed by atoms with E-state index in [0.29, 0.717) is 5.69 Å². The molecule has 0 atom stereocenters. The third-order valence-electron chi connectivity index (χ3n) is 1.81. The number of halogens is 4. The average molecular weight is 373 g/mol. The molecular formula is C10H9BrCl3N3O. The van der Waals surface area contributed by atoms with Gasteiger partial charge in [-0.1, -0.05) is 50.7 Å². The summed E-state index contributed by atoms with van der Waals surface area (Å²) in [6.07, 6.45) is 0. The zero-order valence-electron chi connectivity index (χ0n) is 8.96. The van der Waals surface area contributed by atoms with Crippen molar-refractivity contribution >= 4 is 68.2 Å². The van der Waals surface area contributed by atoms with Crippen molar-refractivity contribution in [2.45, 2.75) is 3.79 Å². The molecule has 0 aliphatic carbocycles. The lowest BCUT2D eigenvalue weighted by Crippen LogP contribution is -2.30. The number of rotatable bonds is 3. The van der Waals surface area contributed by atoms with E-state index in [1.165, 1.54) is 0 Å². The zero-order valence-corrected chi connectivity index (χ0v) is 12.8. The van der Waals surface area contributed by atoms with Crippen molar-refractivity contribution in [3.8, 4) is 0 Å². The highest BCUT2D eigenvalue weighted by Crippen LogP contribution is 2.25. The highest BCUT2D eigenvalue weighted by molar-refractivity contribution is 9.10. The normalized spacial score (nSPS) is 12.3. The topological polar surface area (TPSA) is 67.5 Å². The smallest absolute Gasteiger partial charge is 0.247 e. The monoisotopic (exact) mass is 371 g/mol. The Morgan fingerprint density at radius 1 is 1.33 bits per heavy atom. The highest BCUT2D eigenvalue weighted by atomic mass is 79.9. The van der Waals surface area contributed by atoms with Crippen LogP contribution in [0.15, 0.2) is 33.7 Å². The fourth-order valence-electron chi connectivity index (χ4n) is 0.980. The molecule has 0 saturated heterocycles. The predicted molar refractivity (Wildman–Crippen MR) is 79.6 cm³/mol. The number of nitrogens with one attached hydrogen (secondary N) is 1. The van der Waals surface area contributed by atoms with E-state index in [4.69, 9.17) is 40.5 Å². The Morgan fingerprint density at radius 3 is 2.39 bits per heavy atom. The lowest BCUT2D eigenvalue weighted by atomic mass is 10.3. The molecule has 8 heteroatoms. The summed E-state index contributed by atoms with van der Waals surface area (Å²) < 4.78 is -0.878. The number of alkyl halides is 3. The minimum absolute atomic E-state index is 0.212. The zero-order chi connectivity index (χ0) is 13.8. The van der Waals surface area contributed by atoms with Crippen LogP contribution in [0.4, 0.5) is 5.69 Å². The van der Waals surface area contributed by atoms with Gasteiger partial charge in [-0.2, -0.15) is 0 Å². The molecule has 0 aliphatic heterocycles. The Balaban J connectivity index is 2.55. The molecule has 1 aromatic carbocycles. The van der Waals surface area contributed by atoms with Crippen LogP contribution in [0.2, 0.25) is 0 Å². The van der Waals surface area contributed by atoms with Crippen molar-refractivity contribution in [1.29, 1.82) is 0 Å². The number of nitrogens with two attached hydrogens (primary N) is 1. The third-order valence-corrected chi connectivity index (χ3v) is 2.92. The number of carbonyl (C=O) groups excluding carboxylic acids is 1. The Bertz CT molecular complexity index is 456. The van der Waals surface area contributed by atoms with E-state index < -0.39 is 3.79 Å². The third kappa shape index (κ3) is 5.44. The van der Waals surface area contributed by atoms with E-state index in [9.17, 15) is 4.79 Å². The van der Waals surface area contributed by atoms with Crippen molar-refractivity contribution in [2.75, 3.05) is 11.9 Å². The second kappa shape index (κ2) is 6.61. The maximum Gasteiger partial charge on any atom is 0.247 e. The van der Waals surface area contributed by atoms with Crippen LogP contribution >= 0.6 is 50.7 Å². The van der Waals surface area contributed by atoms with Gasteiger partial charge >= 0.3 is 0 Å². The molecular weight excluding hydrogens is 364 g/mol. The van der Waals surface area contributed by atoms with Gasteiger partial charge in [-0.05, 0) is 24.3 Å². The number of aliphatic imine (C=N–C) groups is 1. The van der Waals surface area contributed by atoms with E-state index in [0.717, 1.165) is 4.47 Å². The molecule has 1 rings (SSSR count). The second-order valence-corrected chi connectivity index (χ2v) is 6.45. The number of nitrogens with zero attached hydrogens (tertiary/aromatic N) is 1. The second-order valence-electron chi connectivity index (χ2n) is 3.25. The summed E-state index contributed by atoms with van der Waals surface area (Å²) in [4.78, 5) is 15.2. The minimum atomic E-state index is -1.79. The fourth-order valence-corrected chi connectivity index (χ4v) is 1.42. The van der Waals surface area contributed by atoms with Crippen LogP contribution in [0.25, 0.3) is 0 Å². The molecule has 3 N–H and O–H groups in total. The van der Waals surface area contributed by atoms with Gasteiger partial charge in [0.2, 0.25) is 9.70 Å². The van der Waals surface area contributed by atoms with Gasteiger partial charge in [0, 0.05) is 10.2 Å². The van der Waals surface area contributed by atoms with Crippen LogP contribution in [0.5, 0.6) is 0 Å². The van der Waals surface area contributed by atoms with E-state index in [2.05, 4.69) is 26.2 Å². The molecule has 0 fully saturated rings. The molecule has 0 saturated carbocycles. The highest BCUT2D eigenvalue weighted by Gasteiger charge is 2.25. The lowest BCUT2D eigenvalue weighted by molar-refractivity contribution is -0.114. The summed E-state index contributed by atoms with van der Waals surface area (Å²) in [6, 6.07) is 7.08. The molecule has 1 amide bonds. The first-order valence-electron chi connectivity index (χ1n) is 4.71.